The lowest BCUT2D eigenvalue weighted by atomic mass is 10.1. The van der Waals surface area contributed by atoms with E-state index >= 15 is 0 Å². The number of anilines is 1. The van der Waals surface area contributed by atoms with Crippen molar-refractivity contribution in [1.29, 1.82) is 0 Å². The Morgan fingerprint density at radius 3 is 2.69 bits per heavy atom. The second kappa shape index (κ2) is 3.59. The number of nitrogens with one attached hydrogen (secondary N) is 1. The molecule has 0 aliphatic carbocycles. The minimum absolute atomic E-state index is 0.623. The Hall–Kier alpha value is -0.680. The van der Waals surface area contributed by atoms with Gasteiger partial charge in [0.1, 0.15) is 5.01 Å². The molecule has 0 spiro atoms. The first-order valence-electron chi connectivity index (χ1n) is 4.58. The fourth-order valence-corrected chi connectivity index (χ4v) is 2.27. The molecule has 0 aromatic carbocycles. The van der Waals surface area contributed by atoms with Crippen molar-refractivity contribution in [2.45, 2.75) is 19.9 Å². The van der Waals surface area contributed by atoms with Crippen molar-refractivity contribution in [1.82, 2.24) is 15.5 Å². The Morgan fingerprint density at radius 2 is 2.31 bits per heavy atom. The van der Waals surface area contributed by atoms with Crippen LogP contribution in [-0.4, -0.2) is 35.9 Å². The maximum Gasteiger partial charge on any atom is 0.208 e. The maximum absolute atomic E-state index is 4.16. The smallest absolute Gasteiger partial charge is 0.208 e. The van der Waals surface area contributed by atoms with Crippen LogP contribution in [0.15, 0.2) is 0 Å². The molecule has 0 bridgehead atoms. The third kappa shape index (κ3) is 1.66. The molecule has 0 atom stereocenters. The van der Waals surface area contributed by atoms with Crippen molar-refractivity contribution in [3.8, 4) is 0 Å². The van der Waals surface area contributed by atoms with Crippen molar-refractivity contribution in [3.05, 3.63) is 5.01 Å². The molecule has 1 saturated heterocycles. The van der Waals surface area contributed by atoms with E-state index in [0.29, 0.717) is 6.04 Å². The highest BCUT2D eigenvalue weighted by Gasteiger charge is 2.25. The van der Waals surface area contributed by atoms with Gasteiger partial charge in [-0.3, -0.25) is 0 Å². The number of hydrogen-bond acceptors (Lipinski definition) is 5. The summed E-state index contributed by atoms with van der Waals surface area (Å²) < 4.78 is 0. The van der Waals surface area contributed by atoms with Crippen molar-refractivity contribution in [3.63, 3.8) is 0 Å². The third-order valence-electron chi connectivity index (χ3n) is 2.30. The van der Waals surface area contributed by atoms with Gasteiger partial charge < -0.3 is 10.2 Å². The summed E-state index contributed by atoms with van der Waals surface area (Å²) in [7, 11) is 0. The summed E-state index contributed by atoms with van der Waals surface area (Å²) in [6.07, 6.45) is 0. The molecule has 1 aromatic rings. The van der Waals surface area contributed by atoms with Crippen LogP contribution in [0.2, 0.25) is 0 Å². The molecule has 2 heterocycles. The van der Waals surface area contributed by atoms with Gasteiger partial charge in [0.2, 0.25) is 5.13 Å². The molecule has 0 amide bonds. The number of nitrogens with zero attached hydrogens (tertiary/aromatic N) is 3. The number of aromatic nitrogens is 2. The van der Waals surface area contributed by atoms with E-state index in [-0.39, 0.29) is 0 Å². The number of hydrogen-bond donors (Lipinski definition) is 1. The van der Waals surface area contributed by atoms with Crippen molar-refractivity contribution >= 4 is 16.5 Å². The quantitative estimate of drug-likeness (QED) is 0.774. The zero-order valence-electron chi connectivity index (χ0n) is 7.95. The van der Waals surface area contributed by atoms with Crippen LogP contribution >= 0.6 is 11.3 Å². The summed E-state index contributed by atoms with van der Waals surface area (Å²) in [5, 5.41) is 13.6. The SMILES string of the molecule is CCN(c1nnc(C)s1)C1CNC1. The standard InChI is InChI=1S/C8H14N4S/c1-3-12(7-4-9-5-7)8-11-10-6(2)13-8/h7,9H,3-5H2,1-2H3. The minimum atomic E-state index is 0.623. The summed E-state index contributed by atoms with van der Waals surface area (Å²) in [6, 6.07) is 0.623. The van der Waals surface area contributed by atoms with Crippen LogP contribution in [0.1, 0.15) is 11.9 Å². The van der Waals surface area contributed by atoms with Crippen LogP contribution in [0.5, 0.6) is 0 Å². The highest BCUT2D eigenvalue weighted by molar-refractivity contribution is 7.15. The lowest BCUT2D eigenvalue weighted by Crippen LogP contribution is -2.57. The van der Waals surface area contributed by atoms with Gasteiger partial charge in [-0.15, -0.1) is 10.2 Å². The molecule has 1 aliphatic rings. The van der Waals surface area contributed by atoms with E-state index in [2.05, 4.69) is 27.3 Å². The predicted octanol–water partition coefficient (Wildman–Crippen LogP) is 0.645. The Labute approximate surface area is 82.0 Å². The third-order valence-corrected chi connectivity index (χ3v) is 3.18. The second-order valence-electron chi connectivity index (χ2n) is 3.20. The van der Waals surface area contributed by atoms with Gasteiger partial charge in [0.15, 0.2) is 0 Å². The van der Waals surface area contributed by atoms with E-state index in [9.17, 15) is 0 Å². The monoisotopic (exact) mass is 198 g/mol. The molecule has 13 heavy (non-hydrogen) atoms. The van der Waals surface area contributed by atoms with E-state index in [4.69, 9.17) is 0 Å². The highest BCUT2D eigenvalue weighted by atomic mass is 32.1. The largest absolute Gasteiger partial charge is 0.341 e. The molecule has 0 saturated carbocycles. The van der Waals surface area contributed by atoms with Gasteiger partial charge >= 0.3 is 0 Å². The molecule has 1 fully saturated rings. The Bertz CT molecular complexity index is 281. The first-order chi connectivity index (χ1) is 6.31. The first kappa shape index (κ1) is 8.90. The molecular weight excluding hydrogens is 184 g/mol. The molecule has 72 valence electrons. The van der Waals surface area contributed by atoms with E-state index in [0.717, 1.165) is 29.8 Å². The minimum Gasteiger partial charge on any atom is -0.341 e. The van der Waals surface area contributed by atoms with Crippen molar-refractivity contribution in [2.75, 3.05) is 24.5 Å². The number of aryl methyl sites for hydroxylation is 1. The normalized spacial score (nSPS) is 17.1. The summed E-state index contributed by atoms with van der Waals surface area (Å²) in [5.41, 5.74) is 0. The molecule has 4 nitrogen and oxygen atoms in total. The van der Waals surface area contributed by atoms with Gasteiger partial charge in [-0.05, 0) is 13.8 Å². The molecular formula is C8H14N4S. The van der Waals surface area contributed by atoms with E-state index in [1.54, 1.807) is 11.3 Å². The summed E-state index contributed by atoms with van der Waals surface area (Å²) in [5.74, 6) is 0. The van der Waals surface area contributed by atoms with Crippen LogP contribution < -0.4 is 10.2 Å². The number of likely N-dealkylation sites (N-methyl/N-ethyl adjacent to an activating group) is 1. The van der Waals surface area contributed by atoms with Crippen LogP contribution in [0.3, 0.4) is 0 Å². The zero-order valence-corrected chi connectivity index (χ0v) is 8.77. The zero-order chi connectivity index (χ0) is 9.26. The lowest BCUT2D eigenvalue weighted by molar-refractivity contribution is 0.416. The second-order valence-corrected chi connectivity index (χ2v) is 4.36. The molecule has 0 radical (unpaired) electrons. The topological polar surface area (TPSA) is 41.1 Å². The van der Waals surface area contributed by atoms with Gasteiger partial charge in [0, 0.05) is 19.6 Å². The van der Waals surface area contributed by atoms with Gasteiger partial charge in [-0.2, -0.15) is 0 Å². The van der Waals surface area contributed by atoms with E-state index in [1.807, 2.05) is 6.92 Å². The van der Waals surface area contributed by atoms with Crippen LogP contribution in [0, 0.1) is 6.92 Å². The van der Waals surface area contributed by atoms with Crippen LogP contribution in [0.25, 0.3) is 0 Å². The first-order valence-corrected chi connectivity index (χ1v) is 5.40. The fourth-order valence-electron chi connectivity index (χ4n) is 1.45. The number of rotatable bonds is 3. The molecule has 0 unspecified atom stereocenters. The lowest BCUT2D eigenvalue weighted by Gasteiger charge is -2.37. The molecule has 1 aromatic heterocycles. The van der Waals surface area contributed by atoms with E-state index < -0.39 is 0 Å². The maximum atomic E-state index is 4.16. The highest BCUT2D eigenvalue weighted by Crippen LogP contribution is 2.22. The Morgan fingerprint density at radius 1 is 1.54 bits per heavy atom. The van der Waals surface area contributed by atoms with Gasteiger partial charge in [0.05, 0.1) is 6.04 Å². The van der Waals surface area contributed by atoms with E-state index in [1.165, 1.54) is 0 Å². The fraction of sp³-hybridized carbons (Fsp3) is 0.750. The van der Waals surface area contributed by atoms with Crippen LogP contribution in [-0.2, 0) is 0 Å². The summed E-state index contributed by atoms with van der Waals surface area (Å²) in [4.78, 5) is 2.32. The van der Waals surface area contributed by atoms with Crippen LogP contribution in [0.4, 0.5) is 5.13 Å². The predicted molar refractivity (Wildman–Crippen MR) is 54.3 cm³/mol. The molecule has 1 aliphatic heterocycles. The molecule has 5 heteroatoms. The van der Waals surface area contributed by atoms with Gasteiger partial charge in [-0.1, -0.05) is 11.3 Å². The van der Waals surface area contributed by atoms with Gasteiger partial charge in [0.25, 0.3) is 0 Å². The summed E-state index contributed by atoms with van der Waals surface area (Å²) in [6.45, 7) is 7.32. The van der Waals surface area contributed by atoms with Crippen molar-refractivity contribution in [2.24, 2.45) is 0 Å². The van der Waals surface area contributed by atoms with Gasteiger partial charge in [-0.25, -0.2) is 0 Å². The Kier molecular flexibility index (Phi) is 2.46. The Balaban J connectivity index is 2.11. The average Bonchev–Trinajstić information content (AvgIpc) is 2.43. The average molecular weight is 198 g/mol. The molecule has 1 N–H and O–H groups in total. The molecule has 2 rings (SSSR count). The van der Waals surface area contributed by atoms with Crippen molar-refractivity contribution < 1.29 is 0 Å². The summed E-state index contributed by atoms with van der Waals surface area (Å²) >= 11 is 1.67.